The third-order valence-electron chi connectivity index (χ3n) is 2.74. The van der Waals surface area contributed by atoms with E-state index in [9.17, 15) is 9.18 Å². The second kappa shape index (κ2) is 5.06. The molecule has 1 aromatic carbocycles. The largest absolute Gasteiger partial charge is 0.395 e. The van der Waals surface area contributed by atoms with Crippen molar-refractivity contribution in [3.63, 3.8) is 0 Å². The fraction of sp³-hybridized carbons (Fsp3) is 0.417. The summed E-state index contributed by atoms with van der Waals surface area (Å²) in [6, 6.07) is 6.15. The Balaban J connectivity index is 2.24. The molecule has 1 amide bonds. The van der Waals surface area contributed by atoms with Crippen molar-refractivity contribution < 1.29 is 14.3 Å². The number of β-amino-alcohol motifs (C(OH)–C–C–N with tert-alkyl or cyclic N) is 1. The third-order valence-corrected chi connectivity index (χ3v) is 4.14. The van der Waals surface area contributed by atoms with Gasteiger partial charge in [-0.25, -0.2) is 4.39 Å². The molecule has 1 aliphatic rings. The molecule has 1 N–H and O–H groups in total. The van der Waals surface area contributed by atoms with E-state index in [2.05, 4.69) is 0 Å². The highest BCUT2D eigenvalue weighted by Crippen LogP contribution is 2.42. The van der Waals surface area contributed by atoms with E-state index in [0.29, 0.717) is 6.54 Å². The molecule has 92 valence electrons. The zero-order valence-corrected chi connectivity index (χ0v) is 10.3. The second-order valence-electron chi connectivity index (χ2n) is 3.94. The Morgan fingerprint density at radius 3 is 2.65 bits per heavy atom. The van der Waals surface area contributed by atoms with Crippen LogP contribution in [-0.2, 0) is 4.79 Å². The van der Waals surface area contributed by atoms with Crippen molar-refractivity contribution in [2.24, 2.45) is 0 Å². The lowest BCUT2D eigenvalue weighted by Crippen LogP contribution is -2.32. The molecule has 17 heavy (non-hydrogen) atoms. The lowest BCUT2D eigenvalue weighted by atomic mass is 10.2. The highest BCUT2D eigenvalue weighted by atomic mass is 32.2. The standard InChI is InChI=1S/C12H14FNO2S/c1-8-11(16)14(6-7-15)12(17-8)9-2-4-10(13)5-3-9/h2-5,8,12,15H,6-7H2,1H3/t8-,12-/m1/s1. The molecule has 3 nitrogen and oxygen atoms in total. The fourth-order valence-electron chi connectivity index (χ4n) is 1.90. The summed E-state index contributed by atoms with van der Waals surface area (Å²) >= 11 is 1.52. The Kier molecular flexibility index (Phi) is 3.69. The molecule has 1 aliphatic heterocycles. The molecule has 0 saturated carbocycles. The van der Waals surface area contributed by atoms with Crippen LogP contribution in [-0.4, -0.2) is 34.3 Å². The minimum absolute atomic E-state index is 0.0263. The molecule has 1 aromatic rings. The number of hydrogen-bond donors (Lipinski definition) is 1. The first-order valence-electron chi connectivity index (χ1n) is 5.45. The number of amides is 1. The maximum atomic E-state index is 12.8. The van der Waals surface area contributed by atoms with Crippen molar-refractivity contribution in [3.8, 4) is 0 Å². The fourth-order valence-corrected chi connectivity index (χ4v) is 3.20. The SMILES string of the molecule is C[C@H]1S[C@H](c2ccc(F)cc2)N(CCO)C1=O. The molecule has 1 saturated heterocycles. The number of aliphatic hydroxyl groups excluding tert-OH is 1. The lowest BCUT2D eigenvalue weighted by Gasteiger charge is -2.23. The van der Waals surface area contributed by atoms with Crippen molar-refractivity contribution in [1.82, 2.24) is 4.90 Å². The molecule has 1 fully saturated rings. The van der Waals surface area contributed by atoms with E-state index < -0.39 is 0 Å². The molecule has 0 unspecified atom stereocenters. The van der Waals surface area contributed by atoms with Crippen LogP contribution in [0.4, 0.5) is 4.39 Å². The van der Waals surface area contributed by atoms with Crippen molar-refractivity contribution in [1.29, 1.82) is 0 Å². The van der Waals surface area contributed by atoms with Crippen LogP contribution >= 0.6 is 11.8 Å². The van der Waals surface area contributed by atoms with Gasteiger partial charge in [0.05, 0.1) is 11.9 Å². The molecule has 2 atom stereocenters. The van der Waals surface area contributed by atoms with E-state index in [4.69, 9.17) is 5.11 Å². The number of aliphatic hydroxyl groups is 1. The average Bonchev–Trinajstić information content (AvgIpc) is 2.59. The second-order valence-corrected chi connectivity index (χ2v) is 5.36. The molecule has 0 aromatic heterocycles. The molecule has 0 radical (unpaired) electrons. The van der Waals surface area contributed by atoms with E-state index in [1.54, 1.807) is 17.0 Å². The minimum Gasteiger partial charge on any atom is -0.395 e. The van der Waals surface area contributed by atoms with Gasteiger partial charge in [-0.2, -0.15) is 0 Å². The van der Waals surface area contributed by atoms with Gasteiger partial charge in [0, 0.05) is 6.54 Å². The summed E-state index contributed by atoms with van der Waals surface area (Å²) < 4.78 is 12.8. The van der Waals surface area contributed by atoms with E-state index in [0.717, 1.165) is 5.56 Å². The van der Waals surface area contributed by atoms with Crippen LogP contribution in [0.15, 0.2) is 24.3 Å². The summed E-state index contributed by atoms with van der Waals surface area (Å²) in [5, 5.41) is 8.74. The topological polar surface area (TPSA) is 40.5 Å². The smallest absolute Gasteiger partial charge is 0.236 e. The Morgan fingerprint density at radius 1 is 1.41 bits per heavy atom. The number of nitrogens with zero attached hydrogens (tertiary/aromatic N) is 1. The van der Waals surface area contributed by atoms with Gasteiger partial charge in [0.2, 0.25) is 5.91 Å². The van der Waals surface area contributed by atoms with Crippen LogP contribution in [0.2, 0.25) is 0 Å². The molecule has 0 spiro atoms. The van der Waals surface area contributed by atoms with Crippen LogP contribution < -0.4 is 0 Å². The lowest BCUT2D eigenvalue weighted by molar-refractivity contribution is -0.130. The number of thioether (sulfide) groups is 1. The molecular formula is C12H14FNO2S. The minimum atomic E-state index is -0.287. The van der Waals surface area contributed by atoms with E-state index in [1.165, 1.54) is 23.9 Å². The molecule has 0 bridgehead atoms. The maximum Gasteiger partial charge on any atom is 0.236 e. The summed E-state index contributed by atoms with van der Waals surface area (Å²) in [5.41, 5.74) is 0.891. The van der Waals surface area contributed by atoms with Gasteiger partial charge in [-0.1, -0.05) is 12.1 Å². The monoisotopic (exact) mass is 255 g/mol. The van der Waals surface area contributed by atoms with E-state index in [-0.39, 0.29) is 29.0 Å². The van der Waals surface area contributed by atoms with Gasteiger partial charge < -0.3 is 10.0 Å². The Hall–Kier alpha value is -1.07. The van der Waals surface area contributed by atoms with Gasteiger partial charge in [0.25, 0.3) is 0 Å². The summed E-state index contributed by atoms with van der Waals surface area (Å²) in [6.45, 7) is 2.11. The van der Waals surface area contributed by atoms with Crippen LogP contribution in [0.1, 0.15) is 17.9 Å². The number of hydrogen-bond acceptors (Lipinski definition) is 3. The van der Waals surface area contributed by atoms with Gasteiger partial charge in [0.1, 0.15) is 11.2 Å². The quantitative estimate of drug-likeness (QED) is 0.895. The number of rotatable bonds is 3. The van der Waals surface area contributed by atoms with Crippen molar-refractivity contribution >= 4 is 17.7 Å². The van der Waals surface area contributed by atoms with Gasteiger partial charge in [-0.3, -0.25) is 4.79 Å². The number of carbonyl (C=O) groups is 1. The first kappa shape index (κ1) is 12.4. The van der Waals surface area contributed by atoms with Crippen molar-refractivity contribution in [3.05, 3.63) is 35.6 Å². The molecule has 0 aliphatic carbocycles. The van der Waals surface area contributed by atoms with Crippen molar-refractivity contribution in [2.45, 2.75) is 17.5 Å². The molecular weight excluding hydrogens is 241 g/mol. The van der Waals surface area contributed by atoms with Gasteiger partial charge in [0.15, 0.2) is 0 Å². The zero-order chi connectivity index (χ0) is 12.4. The maximum absolute atomic E-state index is 12.8. The van der Waals surface area contributed by atoms with Crippen LogP contribution in [0.5, 0.6) is 0 Å². The van der Waals surface area contributed by atoms with Crippen molar-refractivity contribution in [2.75, 3.05) is 13.2 Å². The van der Waals surface area contributed by atoms with E-state index in [1.807, 2.05) is 6.92 Å². The summed E-state index contributed by atoms with van der Waals surface area (Å²) in [4.78, 5) is 13.5. The zero-order valence-electron chi connectivity index (χ0n) is 9.47. The molecule has 5 heteroatoms. The summed E-state index contributed by atoms with van der Waals surface area (Å²) in [6.07, 6.45) is 0. The van der Waals surface area contributed by atoms with Crippen LogP contribution in [0.25, 0.3) is 0 Å². The third kappa shape index (κ3) is 2.45. The number of carbonyl (C=O) groups excluding carboxylic acids is 1. The first-order valence-corrected chi connectivity index (χ1v) is 6.40. The molecule has 2 rings (SSSR count). The van der Waals surface area contributed by atoms with Gasteiger partial charge >= 0.3 is 0 Å². The summed E-state index contributed by atoms with van der Waals surface area (Å²) in [5.74, 6) is -0.261. The number of halogens is 1. The Morgan fingerprint density at radius 2 is 2.06 bits per heavy atom. The Labute approximate surface area is 104 Å². The van der Waals surface area contributed by atoms with E-state index >= 15 is 0 Å². The first-order chi connectivity index (χ1) is 8.13. The van der Waals surface area contributed by atoms with Crippen LogP contribution in [0, 0.1) is 5.82 Å². The van der Waals surface area contributed by atoms with Gasteiger partial charge in [-0.05, 0) is 24.6 Å². The Bertz CT molecular complexity index is 409. The highest BCUT2D eigenvalue weighted by Gasteiger charge is 2.37. The summed E-state index contributed by atoms with van der Waals surface area (Å²) in [7, 11) is 0. The molecule has 1 heterocycles. The predicted octanol–water partition coefficient (Wildman–Crippen LogP) is 1.78. The predicted molar refractivity (Wildman–Crippen MR) is 65.0 cm³/mol. The normalized spacial score (nSPS) is 24.4. The average molecular weight is 255 g/mol. The number of benzene rings is 1. The van der Waals surface area contributed by atoms with Gasteiger partial charge in [-0.15, -0.1) is 11.8 Å². The van der Waals surface area contributed by atoms with Crippen LogP contribution in [0.3, 0.4) is 0 Å². The highest BCUT2D eigenvalue weighted by molar-refractivity contribution is 8.01.